The van der Waals surface area contributed by atoms with E-state index in [1.807, 2.05) is 6.92 Å². The first-order chi connectivity index (χ1) is 11.1. The van der Waals surface area contributed by atoms with Crippen molar-refractivity contribution in [3.63, 3.8) is 0 Å². The molecule has 2 rings (SSSR count). The second kappa shape index (κ2) is 8.23. The average Bonchev–Trinajstić information content (AvgIpc) is 3.00. The van der Waals surface area contributed by atoms with Crippen molar-refractivity contribution < 1.29 is 14.3 Å². The minimum Gasteiger partial charge on any atom is -0.454 e. The number of amides is 1. The molecular weight excluding hydrogens is 322 g/mol. The number of aromatic nitrogens is 4. The van der Waals surface area contributed by atoms with Crippen LogP contribution in [0.2, 0.25) is 5.02 Å². The van der Waals surface area contributed by atoms with Crippen LogP contribution in [-0.4, -0.2) is 45.2 Å². The van der Waals surface area contributed by atoms with Gasteiger partial charge in [0.15, 0.2) is 13.2 Å². The van der Waals surface area contributed by atoms with Crippen molar-refractivity contribution in [1.82, 2.24) is 25.5 Å². The zero-order valence-electron chi connectivity index (χ0n) is 12.5. The van der Waals surface area contributed by atoms with Gasteiger partial charge < -0.3 is 10.1 Å². The molecule has 122 valence electrons. The predicted octanol–water partition coefficient (Wildman–Crippen LogP) is 1.06. The van der Waals surface area contributed by atoms with Crippen LogP contribution >= 0.6 is 11.6 Å². The van der Waals surface area contributed by atoms with Gasteiger partial charge in [-0.2, -0.15) is 4.80 Å². The normalized spacial score (nSPS) is 10.3. The summed E-state index contributed by atoms with van der Waals surface area (Å²) < 4.78 is 4.84. The minimum atomic E-state index is -0.614. The Bertz CT molecular complexity index is 671. The van der Waals surface area contributed by atoms with Gasteiger partial charge in [0.2, 0.25) is 5.82 Å². The zero-order valence-corrected chi connectivity index (χ0v) is 13.3. The third-order valence-corrected chi connectivity index (χ3v) is 3.01. The molecule has 0 aliphatic rings. The molecule has 9 heteroatoms. The van der Waals surface area contributed by atoms with Gasteiger partial charge in [-0.15, -0.1) is 10.2 Å². The van der Waals surface area contributed by atoms with Gasteiger partial charge in [0.25, 0.3) is 5.91 Å². The first-order valence-corrected chi connectivity index (χ1v) is 7.42. The molecule has 23 heavy (non-hydrogen) atoms. The molecule has 0 atom stereocenters. The molecule has 1 heterocycles. The lowest BCUT2D eigenvalue weighted by Gasteiger charge is -2.04. The van der Waals surface area contributed by atoms with Crippen molar-refractivity contribution in [1.29, 1.82) is 0 Å². The van der Waals surface area contributed by atoms with E-state index in [9.17, 15) is 9.59 Å². The lowest BCUT2D eigenvalue weighted by molar-refractivity contribution is -0.149. The van der Waals surface area contributed by atoms with Gasteiger partial charge in [0.1, 0.15) is 0 Å². The number of rotatable bonds is 7. The number of tetrazole rings is 1. The Kier molecular flexibility index (Phi) is 6.04. The quantitative estimate of drug-likeness (QED) is 0.758. The summed E-state index contributed by atoms with van der Waals surface area (Å²) in [5, 5.41) is 14.9. The van der Waals surface area contributed by atoms with Gasteiger partial charge in [-0.25, -0.2) is 4.79 Å². The van der Waals surface area contributed by atoms with Gasteiger partial charge in [0, 0.05) is 17.1 Å². The number of benzene rings is 1. The molecule has 2 aromatic rings. The molecule has 0 aliphatic carbocycles. The minimum absolute atomic E-state index is 0.221. The highest BCUT2D eigenvalue weighted by atomic mass is 35.5. The fraction of sp³-hybridized carbons (Fsp3) is 0.357. The largest absolute Gasteiger partial charge is 0.454 e. The highest BCUT2D eigenvalue weighted by molar-refractivity contribution is 6.30. The van der Waals surface area contributed by atoms with Crippen molar-refractivity contribution in [2.75, 3.05) is 13.2 Å². The van der Waals surface area contributed by atoms with Crippen molar-refractivity contribution in [3.8, 4) is 11.4 Å². The summed E-state index contributed by atoms with van der Waals surface area (Å²) >= 11 is 5.81. The van der Waals surface area contributed by atoms with E-state index in [0.29, 0.717) is 17.4 Å². The summed E-state index contributed by atoms with van der Waals surface area (Å²) in [6.07, 6.45) is 0.816. The maximum absolute atomic E-state index is 11.6. The molecule has 1 N–H and O–H groups in total. The molecule has 0 bridgehead atoms. The van der Waals surface area contributed by atoms with Crippen LogP contribution in [0, 0.1) is 0 Å². The van der Waals surface area contributed by atoms with Crippen LogP contribution < -0.4 is 5.32 Å². The molecule has 1 aromatic carbocycles. The fourth-order valence-electron chi connectivity index (χ4n) is 1.65. The van der Waals surface area contributed by atoms with Crippen LogP contribution in [0.4, 0.5) is 0 Å². The van der Waals surface area contributed by atoms with Crippen LogP contribution in [0.1, 0.15) is 13.3 Å². The number of hydrogen-bond donors (Lipinski definition) is 1. The first-order valence-electron chi connectivity index (χ1n) is 7.04. The summed E-state index contributed by atoms with van der Waals surface area (Å²) in [7, 11) is 0. The second-order valence-corrected chi connectivity index (χ2v) is 5.10. The lowest BCUT2D eigenvalue weighted by Crippen LogP contribution is -2.30. The fourth-order valence-corrected chi connectivity index (χ4v) is 1.77. The van der Waals surface area contributed by atoms with Crippen LogP contribution in [-0.2, 0) is 20.9 Å². The van der Waals surface area contributed by atoms with Gasteiger partial charge >= 0.3 is 5.97 Å². The topological polar surface area (TPSA) is 99.0 Å². The van der Waals surface area contributed by atoms with E-state index in [2.05, 4.69) is 20.7 Å². The molecule has 0 fully saturated rings. The Morgan fingerprint density at radius 2 is 2.04 bits per heavy atom. The lowest BCUT2D eigenvalue weighted by atomic mass is 10.2. The second-order valence-electron chi connectivity index (χ2n) is 4.66. The maximum atomic E-state index is 11.6. The molecule has 8 nitrogen and oxygen atoms in total. The summed E-state index contributed by atoms with van der Waals surface area (Å²) in [5.74, 6) is -0.583. The monoisotopic (exact) mass is 337 g/mol. The number of carbonyl (C=O) groups excluding carboxylic acids is 2. The number of halogens is 1. The highest BCUT2D eigenvalue weighted by Gasteiger charge is 2.11. The molecule has 0 saturated heterocycles. The molecular formula is C14H16ClN5O3. The summed E-state index contributed by atoms with van der Waals surface area (Å²) in [6, 6.07) is 6.92. The SMILES string of the molecule is CCCNC(=O)COC(=O)Cn1nnc(-c2ccc(Cl)cc2)n1. The van der Waals surface area contributed by atoms with E-state index in [4.69, 9.17) is 16.3 Å². The predicted molar refractivity (Wildman–Crippen MR) is 82.5 cm³/mol. The number of esters is 1. The Hall–Kier alpha value is -2.48. The number of carbonyl (C=O) groups is 2. The van der Waals surface area contributed by atoms with Gasteiger partial charge in [0.05, 0.1) is 0 Å². The number of hydrogen-bond acceptors (Lipinski definition) is 6. The Morgan fingerprint density at radius 1 is 1.30 bits per heavy atom. The van der Waals surface area contributed by atoms with Crippen molar-refractivity contribution in [3.05, 3.63) is 29.3 Å². The smallest absolute Gasteiger partial charge is 0.330 e. The molecule has 1 amide bonds. The van der Waals surface area contributed by atoms with Gasteiger partial charge in [-0.05, 0) is 35.9 Å². The molecule has 0 radical (unpaired) electrons. The van der Waals surface area contributed by atoms with Gasteiger partial charge in [-0.3, -0.25) is 4.79 Å². The molecule has 0 unspecified atom stereocenters. The zero-order chi connectivity index (χ0) is 16.7. The van der Waals surface area contributed by atoms with Crippen LogP contribution in [0.15, 0.2) is 24.3 Å². The Labute approximate surface area is 137 Å². The van der Waals surface area contributed by atoms with Crippen molar-refractivity contribution in [2.45, 2.75) is 19.9 Å². The number of nitrogens with one attached hydrogen (secondary N) is 1. The Morgan fingerprint density at radius 3 is 2.74 bits per heavy atom. The van der Waals surface area contributed by atoms with E-state index in [-0.39, 0.29) is 19.1 Å². The highest BCUT2D eigenvalue weighted by Crippen LogP contribution is 2.16. The average molecular weight is 338 g/mol. The summed E-state index contributed by atoms with van der Waals surface area (Å²) in [4.78, 5) is 24.1. The molecule has 0 aliphatic heterocycles. The molecule has 1 aromatic heterocycles. The van der Waals surface area contributed by atoms with Gasteiger partial charge in [-0.1, -0.05) is 18.5 Å². The first kappa shape index (κ1) is 16.9. The third kappa shape index (κ3) is 5.33. The van der Waals surface area contributed by atoms with E-state index in [1.165, 1.54) is 0 Å². The van der Waals surface area contributed by atoms with Crippen LogP contribution in [0.3, 0.4) is 0 Å². The number of ether oxygens (including phenoxy) is 1. The Balaban J connectivity index is 1.85. The standard InChI is InChI=1S/C14H16ClN5O3/c1-2-7-16-12(21)9-23-13(22)8-20-18-14(17-19-20)10-3-5-11(15)6-4-10/h3-6H,2,7-9H2,1H3,(H,16,21). The van der Waals surface area contributed by atoms with E-state index < -0.39 is 5.97 Å². The summed E-state index contributed by atoms with van der Waals surface area (Å²) in [5.41, 5.74) is 0.730. The van der Waals surface area contributed by atoms with Crippen LogP contribution in [0.25, 0.3) is 11.4 Å². The van der Waals surface area contributed by atoms with E-state index in [1.54, 1.807) is 24.3 Å². The van der Waals surface area contributed by atoms with Crippen molar-refractivity contribution in [2.24, 2.45) is 0 Å². The molecule has 0 saturated carbocycles. The maximum Gasteiger partial charge on any atom is 0.330 e. The van der Waals surface area contributed by atoms with E-state index in [0.717, 1.165) is 16.8 Å². The van der Waals surface area contributed by atoms with E-state index >= 15 is 0 Å². The van der Waals surface area contributed by atoms with Crippen LogP contribution in [0.5, 0.6) is 0 Å². The summed E-state index contributed by atoms with van der Waals surface area (Å²) in [6.45, 7) is 1.94. The third-order valence-electron chi connectivity index (χ3n) is 2.76. The molecule has 0 spiro atoms. The van der Waals surface area contributed by atoms with Crippen molar-refractivity contribution >= 4 is 23.5 Å². The number of nitrogens with zero attached hydrogens (tertiary/aromatic N) is 4.